The highest BCUT2D eigenvalue weighted by atomic mass is 16.5. The number of methoxy groups -OCH3 is 1. The van der Waals surface area contributed by atoms with Gasteiger partial charge in [0.15, 0.2) is 0 Å². The summed E-state index contributed by atoms with van der Waals surface area (Å²) in [5.74, 6) is 7.54. The summed E-state index contributed by atoms with van der Waals surface area (Å²) >= 11 is 0. The van der Waals surface area contributed by atoms with Crippen molar-refractivity contribution in [1.82, 2.24) is 5.43 Å². The van der Waals surface area contributed by atoms with Crippen LogP contribution in [0.5, 0.6) is 0 Å². The quantitative estimate of drug-likeness (QED) is 0.467. The highest BCUT2D eigenvalue weighted by Crippen LogP contribution is 2.40. The minimum Gasteiger partial charge on any atom is -0.377 e. The van der Waals surface area contributed by atoms with Crippen LogP contribution in [0.15, 0.2) is 0 Å². The average Bonchev–Trinajstić information content (AvgIpc) is 2.68. The smallest absolute Gasteiger partial charge is 0.0847 e. The van der Waals surface area contributed by atoms with Gasteiger partial charge in [-0.15, -0.1) is 0 Å². The van der Waals surface area contributed by atoms with Gasteiger partial charge < -0.3 is 4.74 Å². The van der Waals surface area contributed by atoms with E-state index in [2.05, 4.69) is 12.3 Å². The Kier molecular flexibility index (Phi) is 5.67. The van der Waals surface area contributed by atoms with E-state index < -0.39 is 0 Å². The first-order valence-corrected chi connectivity index (χ1v) is 8.23. The van der Waals surface area contributed by atoms with E-state index in [1.54, 1.807) is 0 Å². The molecule has 0 aromatic carbocycles. The third-order valence-electron chi connectivity index (χ3n) is 5.63. The third kappa shape index (κ3) is 3.50. The molecule has 19 heavy (non-hydrogen) atoms. The summed E-state index contributed by atoms with van der Waals surface area (Å²) in [5, 5.41) is 0. The number of nitrogens with one attached hydrogen (secondary N) is 1. The van der Waals surface area contributed by atoms with E-state index in [1.807, 2.05) is 7.11 Å². The first-order chi connectivity index (χ1) is 9.22. The Morgan fingerprint density at radius 3 is 2.11 bits per heavy atom. The first kappa shape index (κ1) is 15.3. The molecule has 2 aliphatic rings. The van der Waals surface area contributed by atoms with Crippen LogP contribution in [0.4, 0.5) is 0 Å². The zero-order chi connectivity index (χ0) is 13.7. The SMILES string of the molecule is COC1(C(NN)C2CCC(C)CC2)CCCCCC1. The predicted octanol–water partition coefficient (Wildman–Crippen LogP) is 3.38. The van der Waals surface area contributed by atoms with Gasteiger partial charge >= 0.3 is 0 Å². The number of ether oxygens (including phenoxy) is 1. The zero-order valence-electron chi connectivity index (χ0n) is 12.8. The van der Waals surface area contributed by atoms with Gasteiger partial charge in [0.05, 0.1) is 11.6 Å². The van der Waals surface area contributed by atoms with Gasteiger partial charge in [0.1, 0.15) is 0 Å². The van der Waals surface area contributed by atoms with Crippen molar-refractivity contribution in [2.24, 2.45) is 17.7 Å². The van der Waals surface area contributed by atoms with Gasteiger partial charge in [0.25, 0.3) is 0 Å². The predicted molar refractivity (Wildman–Crippen MR) is 79.7 cm³/mol. The maximum Gasteiger partial charge on any atom is 0.0847 e. The number of hydrogen-bond acceptors (Lipinski definition) is 3. The second-order valence-electron chi connectivity index (χ2n) is 6.85. The van der Waals surface area contributed by atoms with Crippen LogP contribution in [0.2, 0.25) is 0 Å². The minimum absolute atomic E-state index is 0.0174. The molecular formula is C16H32N2O. The summed E-state index contributed by atoms with van der Waals surface area (Å²) < 4.78 is 6.05. The van der Waals surface area contributed by atoms with Crippen LogP contribution in [-0.2, 0) is 4.74 Å². The lowest BCUT2D eigenvalue weighted by Crippen LogP contribution is -2.58. The standard InChI is InChI=1S/C16H32N2O/c1-13-7-9-14(10-8-13)15(18-17)16(19-2)11-5-3-4-6-12-16/h13-15,18H,3-12,17H2,1-2H3. The molecule has 1 unspecified atom stereocenters. The monoisotopic (exact) mass is 268 g/mol. The Labute approximate surface area is 118 Å². The van der Waals surface area contributed by atoms with E-state index in [4.69, 9.17) is 10.6 Å². The molecule has 0 bridgehead atoms. The normalized spacial score (nSPS) is 33.6. The fourth-order valence-electron chi connectivity index (χ4n) is 4.31. The van der Waals surface area contributed by atoms with Gasteiger partial charge in [-0.05, 0) is 37.5 Å². The Hall–Kier alpha value is -0.120. The van der Waals surface area contributed by atoms with Crippen molar-refractivity contribution in [3.8, 4) is 0 Å². The molecule has 0 aromatic rings. The Bertz CT molecular complexity index is 253. The van der Waals surface area contributed by atoms with Crippen LogP contribution in [-0.4, -0.2) is 18.8 Å². The molecule has 3 nitrogen and oxygen atoms in total. The van der Waals surface area contributed by atoms with Gasteiger partial charge in [-0.1, -0.05) is 45.4 Å². The molecule has 2 fully saturated rings. The van der Waals surface area contributed by atoms with E-state index in [-0.39, 0.29) is 5.60 Å². The maximum atomic E-state index is 6.05. The summed E-state index contributed by atoms with van der Waals surface area (Å²) in [6, 6.07) is 0.336. The summed E-state index contributed by atoms with van der Waals surface area (Å²) in [6.45, 7) is 2.37. The highest BCUT2D eigenvalue weighted by molar-refractivity contribution is 4.98. The molecule has 0 saturated heterocycles. The third-order valence-corrected chi connectivity index (χ3v) is 5.63. The summed E-state index contributed by atoms with van der Waals surface area (Å²) in [5.41, 5.74) is 3.13. The molecule has 0 amide bonds. The van der Waals surface area contributed by atoms with Gasteiger partial charge in [-0.2, -0.15) is 0 Å². The molecule has 0 radical (unpaired) electrons. The molecular weight excluding hydrogens is 236 g/mol. The zero-order valence-corrected chi connectivity index (χ0v) is 12.8. The second kappa shape index (κ2) is 7.05. The average molecular weight is 268 g/mol. The van der Waals surface area contributed by atoms with E-state index in [1.165, 1.54) is 64.2 Å². The first-order valence-electron chi connectivity index (χ1n) is 8.23. The Morgan fingerprint density at radius 1 is 1.05 bits per heavy atom. The molecule has 3 N–H and O–H groups in total. The van der Waals surface area contributed by atoms with Crippen molar-refractivity contribution in [1.29, 1.82) is 0 Å². The second-order valence-corrected chi connectivity index (χ2v) is 6.85. The molecule has 0 aromatic heterocycles. The van der Waals surface area contributed by atoms with Crippen LogP contribution in [0.3, 0.4) is 0 Å². The van der Waals surface area contributed by atoms with E-state index in [0.29, 0.717) is 12.0 Å². The van der Waals surface area contributed by atoms with Crippen LogP contribution in [0.25, 0.3) is 0 Å². The summed E-state index contributed by atoms with van der Waals surface area (Å²) in [7, 11) is 1.89. The van der Waals surface area contributed by atoms with Crippen molar-refractivity contribution >= 4 is 0 Å². The number of hydrazine groups is 1. The molecule has 2 aliphatic carbocycles. The van der Waals surface area contributed by atoms with Crippen molar-refractivity contribution in [2.75, 3.05) is 7.11 Å². The van der Waals surface area contributed by atoms with Gasteiger partial charge in [-0.25, -0.2) is 0 Å². The van der Waals surface area contributed by atoms with Gasteiger partial charge in [0.2, 0.25) is 0 Å². The van der Waals surface area contributed by atoms with Crippen LogP contribution in [0, 0.1) is 11.8 Å². The molecule has 0 heterocycles. The Morgan fingerprint density at radius 2 is 1.63 bits per heavy atom. The number of rotatable bonds is 4. The van der Waals surface area contributed by atoms with Crippen LogP contribution < -0.4 is 11.3 Å². The van der Waals surface area contributed by atoms with Gasteiger partial charge in [0, 0.05) is 7.11 Å². The van der Waals surface area contributed by atoms with Crippen molar-refractivity contribution in [2.45, 2.75) is 82.8 Å². The van der Waals surface area contributed by atoms with Crippen LogP contribution in [0.1, 0.15) is 71.1 Å². The van der Waals surface area contributed by atoms with E-state index in [9.17, 15) is 0 Å². The lowest BCUT2D eigenvalue weighted by Gasteiger charge is -2.44. The molecule has 2 saturated carbocycles. The van der Waals surface area contributed by atoms with Crippen molar-refractivity contribution < 1.29 is 4.74 Å². The fourth-order valence-corrected chi connectivity index (χ4v) is 4.31. The summed E-state index contributed by atoms with van der Waals surface area (Å²) in [4.78, 5) is 0. The molecule has 3 heteroatoms. The summed E-state index contributed by atoms with van der Waals surface area (Å²) in [6.07, 6.45) is 12.9. The molecule has 2 rings (SSSR count). The largest absolute Gasteiger partial charge is 0.377 e. The molecule has 112 valence electrons. The lowest BCUT2D eigenvalue weighted by atomic mass is 9.72. The van der Waals surface area contributed by atoms with E-state index in [0.717, 1.165) is 5.92 Å². The minimum atomic E-state index is -0.0174. The maximum absolute atomic E-state index is 6.05. The van der Waals surface area contributed by atoms with Crippen molar-refractivity contribution in [3.63, 3.8) is 0 Å². The Balaban J connectivity index is 2.08. The molecule has 0 spiro atoms. The van der Waals surface area contributed by atoms with Crippen LogP contribution >= 0.6 is 0 Å². The van der Waals surface area contributed by atoms with E-state index >= 15 is 0 Å². The topological polar surface area (TPSA) is 47.3 Å². The van der Waals surface area contributed by atoms with Gasteiger partial charge in [-0.3, -0.25) is 11.3 Å². The number of hydrogen-bond donors (Lipinski definition) is 2. The highest BCUT2D eigenvalue weighted by Gasteiger charge is 2.43. The fraction of sp³-hybridized carbons (Fsp3) is 1.00. The van der Waals surface area contributed by atoms with Crippen molar-refractivity contribution in [3.05, 3.63) is 0 Å². The number of nitrogens with two attached hydrogens (primary N) is 1. The molecule has 1 atom stereocenters. The lowest BCUT2D eigenvalue weighted by molar-refractivity contribution is -0.0733. The molecule has 0 aliphatic heterocycles.